The molecule has 0 unspecified atom stereocenters. The molecule has 2 nitrogen and oxygen atoms in total. The van der Waals surface area contributed by atoms with Gasteiger partial charge in [-0.1, -0.05) is 93.1 Å². The summed E-state index contributed by atoms with van der Waals surface area (Å²) in [5, 5.41) is 12.2. The molecule has 0 fully saturated rings. The van der Waals surface area contributed by atoms with Crippen molar-refractivity contribution < 1.29 is 0 Å². The summed E-state index contributed by atoms with van der Waals surface area (Å²) in [6, 6.07) is 26.7. The summed E-state index contributed by atoms with van der Waals surface area (Å²) in [6.45, 7) is 5.37. The average Bonchev–Trinajstić information content (AvgIpc) is 2.72. The molecule has 0 aliphatic rings. The summed E-state index contributed by atoms with van der Waals surface area (Å²) in [7, 11) is 0. The zero-order valence-electron chi connectivity index (χ0n) is 15.5. The third-order valence-corrected chi connectivity index (χ3v) is 4.81. The fourth-order valence-corrected chi connectivity index (χ4v) is 2.90. The number of hydrogen-bond acceptors (Lipinski definition) is 2. The number of nitrogens with one attached hydrogen (secondary N) is 2. The molecule has 2 N–H and O–H groups in total. The number of anilines is 1. The van der Waals surface area contributed by atoms with Crippen LogP contribution < -0.4 is 5.32 Å². The number of benzene rings is 3. The number of hydrogen-bond donors (Lipinski definition) is 2. The molecule has 0 saturated carbocycles. The summed E-state index contributed by atoms with van der Waals surface area (Å²) >= 11 is 0. The number of rotatable bonds is 7. The van der Waals surface area contributed by atoms with E-state index in [-0.39, 0.29) is 0 Å². The highest BCUT2D eigenvalue weighted by atomic mass is 14.9. The third-order valence-electron chi connectivity index (χ3n) is 4.81. The molecule has 3 aromatic carbocycles. The predicted molar refractivity (Wildman–Crippen MR) is 112 cm³/mol. The SMILES string of the molecule is CC[C@@H](C)CNc1ccccc1C(=N)c1ccc(-c2ccccc2)cc1. The van der Waals surface area contributed by atoms with E-state index < -0.39 is 0 Å². The molecular weight excluding hydrogens is 316 g/mol. The molecule has 1 atom stereocenters. The van der Waals surface area contributed by atoms with Crippen molar-refractivity contribution in [2.75, 3.05) is 11.9 Å². The lowest BCUT2D eigenvalue weighted by Gasteiger charge is -2.16. The van der Waals surface area contributed by atoms with Crippen LogP contribution in [0.25, 0.3) is 11.1 Å². The van der Waals surface area contributed by atoms with Crippen molar-refractivity contribution in [3.63, 3.8) is 0 Å². The Kier molecular flexibility index (Phi) is 5.85. The molecule has 0 heterocycles. The van der Waals surface area contributed by atoms with Gasteiger partial charge in [-0.25, -0.2) is 0 Å². The fourth-order valence-electron chi connectivity index (χ4n) is 2.90. The minimum Gasteiger partial charge on any atom is -0.384 e. The molecule has 0 radical (unpaired) electrons. The van der Waals surface area contributed by atoms with Gasteiger partial charge in [-0.05, 0) is 23.1 Å². The van der Waals surface area contributed by atoms with Gasteiger partial charge in [-0.15, -0.1) is 0 Å². The molecular formula is C24H26N2. The molecule has 0 aromatic heterocycles. The van der Waals surface area contributed by atoms with Crippen LogP contribution in [0.3, 0.4) is 0 Å². The molecule has 3 aromatic rings. The van der Waals surface area contributed by atoms with Crippen LogP contribution in [0.15, 0.2) is 78.9 Å². The van der Waals surface area contributed by atoms with Crippen LogP contribution in [0.1, 0.15) is 31.4 Å². The van der Waals surface area contributed by atoms with Crippen LogP contribution in [0.5, 0.6) is 0 Å². The van der Waals surface area contributed by atoms with Crippen molar-refractivity contribution in [1.82, 2.24) is 0 Å². The lowest BCUT2D eigenvalue weighted by molar-refractivity contribution is 0.593. The van der Waals surface area contributed by atoms with Crippen LogP contribution in [-0.4, -0.2) is 12.3 Å². The maximum Gasteiger partial charge on any atom is 0.0705 e. The number of para-hydroxylation sites is 1. The van der Waals surface area contributed by atoms with Crippen molar-refractivity contribution in [3.05, 3.63) is 90.0 Å². The smallest absolute Gasteiger partial charge is 0.0705 e. The Morgan fingerprint density at radius 3 is 2.15 bits per heavy atom. The van der Waals surface area contributed by atoms with Gasteiger partial charge in [0, 0.05) is 23.4 Å². The highest BCUT2D eigenvalue weighted by Crippen LogP contribution is 2.23. The Bertz CT molecular complexity index is 851. The van der Waals surface area contributed by atoms with Crippen LogP contribution in [-0.2, 0) is 0 Å². The molecule has 0 spiro atoms. The van der Waals surface area contributed by atoms with Crippen LogP contribution in [0.2, 0.25) is 0 Å². The third kappa shape index (κ3) is 4.20. The van der Waals surface area contributed by atoms with Gasteiger partial charge < -0.3 is 5.32 Å². The topological polar surface area (TPSA) is 35.9 Å². The summed E-state index contributed by atoms with van der Waals surface area (Å²) in [4.78, 5) is 0. The van der Waals surface area contributed by atoms with E-state index in [9.17, 15) is 0 Å². The first-order valence-corrected chi connectivity index (χ1v) is 9.26. The highest BCUT2D eigenvalue weighted by Gasteiger charge is 2.10. The van der Waals surface area contributed by atoms with Gasteiger partial charge in [0.15, 0.2) is 0 Å². The van der Waals surface area contributed by atoms with E-state index in [0.29, 0.717) is 11.6 Å². The first-order chi connectivity index (χ1) is 12.7. The first kappa shape index (κ1) is 17.9. The van der Waals surface area contributed by atoms with E-state index in [4.69, 9.17) is 5.41 Å². The van der Waals surface area contributed by atoms with Gasteiger partial charge in [0.25, 0.3) is 0 Å². The van der Waals surface area contributed by atoms with E-state index in [1.807, 2.05) is 48.5 Å². The zero-order valence-corrected chi connectivity index (χ0v) is 15.5. The van der Waals surface area contributed by atoms with Gasteiger partial charge >= 0.3 is 0 Å². The Morgan fingerprint density at radius 2 is 1.46 bits per heavy atom. The average molecular weight is 342 g/mol. The highest BCUT2D eigenvalue weighted by molar-refractivity contribution is 6.14. The van der Waals surface area contributed by atoms with E-state index in [2.05, 4.69) is 49.5 Å². The van der Waals surface area contributed by atoms with Gasteiger partial charge in [0.1, 0.15) is 0 Å². The van der Waals surface area contributed by atoms with Crippen molar-refractivity contribution in [2.45, 2.75) is 20.3 Å². The molecule has 3 rings (SSSR count). The maximum absolute atomic E-state index is 8.68. The normalized spacial score (nSPS) is 11.8. The van der Waals surface area contributed by atoms with Gasteiger partial charge in [0.05, 0.1) is 5.71 Å². The Labute approximate surface area is 156 Å². The van der Waals surface area contributed by atoms with Crippen LogP contribution in [0, 0.1) is 11.3 Å². The Balaban J connectivity index is 1.81. The summed E-state index contributed by atoms with van der Waals surface area (Å²) in [5.74, 6) is 0.613. The van der Waals surface area contributed by atoms with Crippen LogP contribution in [0.4, 0.5) is 5.69 Å². The molecule has 0 saturated heterocycles. The quantitative estimate of drug-likeness (QED) is 0.491. The van der Waals surface area contributed by atoms with Gasteiger partial charge in [-0.2, -0.15) is 0 Å². The van der Waals surface area contributed by atoms with Gasteiger partial charge in [-0.3, -0.25) is 5.41 Å². The predicted octanol–water partition coefficient (Wildman–Crippen LogP) is 6.23. The minimum atomic E-state index is 0.553. The summed E-state index contributed by atoms with van der Waals surface area (Å²) < 4.78 is 0. The van der Waals surface area contributed by atoms with E-state index in [0.717, 1.165) is 29.8 Å². The van der Waals surface area contributed by atoms with Crippen molar-refractivity contribution >= 4 is 11.4 Å². The second-order valence-corrected chi connectivity index (χ2v) is 6.76. The second-order valence-electron chi connectivity index (χ2n) is 6.76. The van der Waals surface area contributed by atoms with Crippen molar-refractivity contribution in [3.8, 4) is 11.1 Å². The molecule has 26 heavy (non-hydrogen) atoms. The zero-order chi connectivity index (χ0) is 18.4. The van der Waals surface area contributed by atoms with E-state index in [1.54, 1.807) is 0 Å². The maximum atomic E-state index is 8.68. The summed E-state index contributed by atoms with van der Waals surface area (Å²) in [5.41, 5.74) is 5.83. The van der Waals surface area contributed by atoms with Gasteiger partial charge in [0.2, 0.25) is 0 Å². The first-order valence-electron chi connectivity index (χ1n) is 9.26. The van der Waals surface area contributed by atoms with E-state index in [1.165, 1.54) is 11.1 Å². The molecule has 0 bridgehead atoms. The monoisotopic (exact) mass is 342 g/mol. The molecule has 0 aliphatic heterocycles. The lowest BCUT2D eigenvalue weighted by Crippen LogP contribution is -2.13. The van der Waals surface area contributed by atoms with E-state index >= 15 is 0 Å². The molecule has 0 amide bonds. The summed E-state index contributed by atoms with van der Waals surface area (Å²) in [6.07, 6.45) is 1.15. The largest absolute Gasteiger partial charge is 0.384 e. The lowest BCUT2D eigenvalue weighted by atomic mass is 9.97. The van der Waals surface area contributed by atoms with Crippen molar-refractivity contribution in [2.24, 2.45) is 5.92 Å². The van der Waals surface area contributed by atoms with Crippen LogP contribution >= 0.6 is 0 Å². The standard InChI is InChI=1S/C24H26N2/c1-3-18(2)17-26-23-12-8-7-11-22(23)24(25)21-15-13-20(14-16-21)19-9-5-4-6-10-19/h4-16,18,25-26H,3,17H2,1-2H3/t18-/m1/s1. The molecule has 132 valence electrons. The molecule has 0 aliphatic carbocycles. The Hall–Kier alpha value is -2.87. The minimum absolute atomic E-state index is 0.553. The fraction of sp³-hybridized carbons (Fsp3) is 0.208. The molecule has 2 heteroatoms. The van der Waals surface area contributed by atoms with Crippen molar-refractivity contribution in [1.29, 1.82) is 5.41 Å². The second kappa shape index (κ2) is 8.48. The Morgan fingerprint density at radius 1 is 0.846 bits per heavy atom.